The van der Waals surface area contributed by atoms with E-state index in [-0.39, 0.29) is 28.3 Å². The van der Waals surface area contributed by atoms with E-state index in [0.29, 0.717) is 0 Å². The first kappa shape index (κ1) is 19.7. The molecule has 8 nitrogen and oxygen atoms in total. The number of imidazole rings is 1. The Morgan fingerprint density at radius 1 is 0.931 bits per heavy atom. The highest BCUT2D eigenvalue weighted by Crippen LogP contribution is 2.20. The highest BCUT2D eigenvalue weighted by molar-refractivity contribution is 6.10. The van der Waals surface area contributed by atoms with Crippen molar-refractivity contribution in [2.75, 3.05) is 17.7 Å². The van der Waals surface area contributed by atoms with Crippen molar-refractivity contribution >= 4 is 29.1 Å². The fourth-order valence-corrected chi connectivity index (χ4v) is 2.44. The van der Waals surface area contributed by atoms with Crippen LogP contribution in [0, 0.1) is 11.6 Å². The van der Waals surface area contributed by atoms with E-state index >= 15 is 0 Å². The molecular weight excluding hydrogens is 384 g/mol. The van der Waals surface area contributed by atoms with E-state index < -0.39 is 29.4 Å². The SMILES string of the molecule is CNC(=O)c1[nH]cnc1C(=O)Nc1ccc(NC(=O)c2ccc(F)cc2)c(F)c1. The maximum atomic E-state index is 14.3. The summed E-state index contributed by atoms with van der Waals surface area (Å²) in [6.45, 7) is 0. The first-order valence-electron chi connectivity index (χ1n) is 8.32. The molecule has 0 fully saturated rings. The molecule has 0 aliphatic carbocycles. The molecule has 0 radical (unpaired) electrons. The lowest BCUT2D eigenvalue weighted by Crippen LogP contribution is -2.23. The summed E-state index contributed by atoms with van der Waals surface area (Å²) >= 11 is 0. The molecule has 0 saturated heterocycles. The number of nitrogens with one attached hydrogen (secondary N) is 4. The van der Waals surface area contributed by atoms with Crippen LogP contribution in [0.1, 0.15) is 31.3 Å². The molecule has 0 atom stereocenters. The van der Waals surface area contributed by atoms with Crippen LogP contribution in [-0.4, -0.2) is 34.7 Å². The van der Waals surface area contributed by atoms with Crippen LogP contribution >= 0.6 is 0 Å². The highest BCUT2D eigenvalue weighted by Gasteiger charge is 2.20. The summed E-state index contributed by atoms with van der Waals surface area (Å²) in [5, 5.41) is 7.16. The number of carbonyl (C=O) groups is 3. The van der Waals surface area contributed by atoms with Gasteiger partial charge in [-0.05, 0) is 42.5 Å². The molecular formula is C19H15F2N5O3. The standard InChI is InChI=1S/C19H15F2N5O3/c1-22-18(28)15-16(24-9-23-15)19(29)25-12-6-7-14(13(21)8-12)26-17(27)10-2-4-11(20)5-3-10/h2-9H,1H3,(H,22,28)(H,23,24)(H,25,29)(H,26,27). The zero-order valence-electron chi connectivity index (χ0n) is 15.0. The number of hydrogen-bond acceptors (Lipinski definition) is 4. The van der Waals surface area contributed by atoms with Crippen LogP contribution in [0.4, 0.5) is 20.2 Å². The van der Waals surface area contributed by atoms with Crippen molar-refractivity contribution < 1.29 is 23.2 Å². The molecule has 0 unspecified atom stereocenters. The van der Waals surface area contributed by atoms with Gasteiger partial charge in [0.25, 0.3) is 17.7 Å². The molecule has 0 aliphatic rings. The van der Waals surface area contributed by atoms with Crippen molar-refractivity contribution in [2.24, 2.45) is 0 Å². The summed E-state index contributed by atoms with van der Waals surface area (Å²) < 4.78 is 27.3. The molecule has 1 heterocycles. The molecule has 2 aromatic carbocycles. The summed E-state index contributed by atoms with van der Waals surface area (Å²) in [6.07, 6.45) is 1.19. The minimum absolute atomic E-state index is 0.0337. The summed E-state index contributed by atoms with van der Waals surface area (Å²) in [4.78, 5) is 42.5. The summed E-state index contributed by atoms with van der Waals surface area (Å²) in [5.74, 6) is -3.16. The molecule has 0 saturated carbocycles. The van der Waals surface area contributed by atoms with Crippen LogP contribution in [-0.2, 0) is 0 Å². The quantitative estimate of drug-likeness (QED) is 0.528. The van der Waals surface area contributed by atoms with Crippen LogP contribution in [0.2, 0.25) is 0 Å². The molecule has 148 valence electrons. The average molecular weight is 399 g/mol. The van der Waals surface area contributed by atoms with Gasteiger partial charge in [-0.1, -0.05) is 0 Å². The second kappa shape index (κ2) is 8.30. The Labute approximate surface area is 163 Å². The molecule has 3 amide bonds. The molecule has 1 aromatic heterocycles. The zero-order valence-corrected chi connectivity index (χ0v) is 15.0. The predicted molar refractivity (Wildman–Crippen MR) is 101 cm³/mol. The van der Waals surface area contributed by atoms with Crippen molar-refractivity contribution in [2.45, 2.75) is 0 Å². The van der Waals surface area contributed by atoms with Crippen molar-refractivity contribution in [1.29, 1.82) is 0 Å². The Morgan fingerprint density at radius 3 is 2.31 bits per heavy atom. The van der Waals surface area contributed by atoms with E-state index in [4.69, 9.17) is 0 Å². The fraction of sp³-hybridized carbons (Fsp3) is 0.0526. The number of aromatic amines is 1. The van der Waals surface area contributed by atoms with Crippen LogP contribution in [0.5, 0.6) is 0 Å². The summed E-state index contributed by atoms with van der Waals surface area (Å²) in [6, 6.07) is 8.41. The van der Waals surface area contributed by atoms with Gasteiger partial charge in [-0.25, -0.2) is 13.8 Å². The minimum atomic E-state index is -0.799. The predicted octanol–water partition coefficient (Wildman–Crippen LogP) is 2.55. The third-order valence-electron chi connectivity index (χ3n) is 3.89. The van der Waals surface area contributed by atoms with Crippen molar-refractivity contribution in [3.05, 3.63) is 77.4 Å². The monoisotopic (exact) mass is 399 g/mol. The molecule has 29 heavy (non-hydrogen) atoms. The summed E-state index contributed by atoms with van der Waals surface area (Å²) in [5.41, 5.74) is -0.0585. The Kier molecular flexibility index (Phi) is 5.63. The van der Waals surface area contributed by atoms with E-state index in [1.165, 1.54) is 37.6 Å². The van der Waals surface area contributed by atoms with E-state index in [0.717, 1.165) is 18.2 Å². The molecule has 3 rings (SSSR count). The van der Waals surface area contributed by atoms with Crippen LogP contribution < -0.4 is 16.0 Å². The van der Waals surface area contributed by atoms with Gasteiger partial charge >= 0.3 is 0 Å². The number of nitrogens with zero attached hydrogens (tertiary/aromatic N) is 1. The Bertz CT molecular complexity index is 1080. The van der Waals surface area contributed by atoms with E-state index in [1.54, 1.807) is 0 Å². The van der Waals surface area contributed by atoms with Gasteiger partial charge in [0.1, 0.15) is 17.3 Å². The van der Waals surface area contributed by atoms with E-state index in [1.807, 2.05) is 0 Å². The molecule has 0 spiro atoms. The first-order chi connectivity index (χ1) is 13.9. The van der Waals surface area contributed by atoms with Gasteiger partial charge < -0.3 is 20.9 Å². The van der Waals surface area contributed by atoms with Gasteiger partial charge in [-0.15, -0.1) is 0 Å². The van der Waals surface area contributed by atoms with Crippen LogP contribution in [0.3, 0.4) is 0 Å². The van der Waals surface area contributed by atoms with Gasteiger partial charge in [0.15, 0.2) is 5.69 Å². The lowest BCUT2D eigenvalue weighted by molar-refractivity contribution is 0.0943. The topological polar surface area (TPSA) is 116 Å². The van der Waals surface area contributed by atoms with E-state index in [2.05, 4.69) is 25.9 Å². The number of carbonyl (C=O) groups excluding carboxylic acids is 3. The Balaban J connectivity index is 1.72. The number of anilines is 2. The number of hydrogen-bond donors (Lipinski definition) is 4. The molecule has 3 aromatic rings. The lowest BCUT2D eigenvalue weighted by atomic mass is 10.2. The highest BCUT2D eigenvalue weighted by atomic mass is 19.1. The summed E-state index contributed by atoms with van der Waals surface area (Å²) in [7, 11) is 1.40. The second-order valence-electron chi connectivity index (χ2n) is 5.82. The third-order valence-corrected chi connectivity index (χ3v) is 3.89. The molecule has 0 aliphatic heterocycles. The van der Waals surface area contributed by atoms with Gasteiger partial charge in [0, 0.05) is 18.3 Å². The fourth-order valence-electron chi connectivity index (χ4n) is 2.44. The van der Waals surface area contributed by atoms with Gasteiger partial charge in [-0.2, -0.15) is 0 Å². The third kappa shape index (κ3) is 4.43. The lowest BCUT2D eigenvalue weighted by Gasteiger charge is -2.09. The van der Waals surface area contributed by atoms with Crippen LogP contribution in [0.15, 0.2) is 48.8 Å². The first-order valence-corrected chi connectivity index (χ1v) is 8.32. The average Bonchev–Trinajstić information content (AvgIpc) is 3.20. The number of aromatic nitrogens is 2. The van der Waals surface area contributed by atoms with Crippen molar-refractivity contribution in [1.82, 2.24) is 15.3 Å². The Hall–Kier alpha value is -4.08. The number of rotatable bonds is 5. The Morgan fingerprint density at radius 2 is 1.66 bits per heavy atom. The van der Waals surface area contributed by atoms with Crippen LogP contribution in [0.25, 0.3) is 0 Å². The maximum absolute atomic E-state index is 14.3. The minimum Gasteiger partial charge on any atom is -0.354 e. The number of amides is 3. The smallest absolute Gasteiger partial charge is 0.276 e. The van der Waals surface area contributed by atoms with Gasteiger partial charge in [0.2, 0.25) is 0 Å². The largest absolute Gasteiger partial charge is 0.354 e. The molecule has 0 bridgehead atoms. The van der Waals surface area contributed by atoms with Gasteiger partial charge in [-0.3, -0.25) is 14.4 Å². The second-order valence-corrected chi connectivity index (χ2v) is 5.82. The van der Waals surface area contributed by atoms with Crippen molar-refractivity contribution in [3.8, 4) is 0 Å². The molecule has 4 N–H and O–H groups in total. The molecule has 10 heteroatoms. The number of H-pyrrole nitrogens is 1. The zero-order chi connectivity index (χ0) is 21.0. The van der Waals surface area contributed by atoms with Crippen molar-refractivity contribution in [3.63, 3.8) is 0 Å². The number of halogens is 2. The van der Waals surface area contributed by atoms with Gasteiger partial charge in [0.05, 0.1) is 12.0 Å². The normalized spacial score (nSPS) is 10.3. The number of benzene rings is 2. The van der Waals surface area contributed by atoms with E-state index in [9.17, 15) is 23.2 Å². The maximum Gasteiger partial charge on any atom is 0.276 e.